The van der Waals surface area contributed by atoms with Crippen LogP contribution in [0.5, 0.6) is 5.75 Å². The molecule has 1 rings (SSSR count). The van der Waals surface area contributed by atoms with Crippen LogP contribution in [0.4, 0.5) is 0 Å². The summed E-state index contributed by atoms with van der Waals surface area (Å²) in [5.41, 5.74) is 0. The number of carbonyl (C=O) groups is 1. The molecule has 0 radical (unpaired) electrons. The normalized spacial score (nSPS) is 11.9. The van der Waals surface area contributed by atoms with E-state index in [4.69, 9.17) is 16.3 Å². The lowest BCUT2D eigenvalue weighted by molar-refractivity contribution is -0.120. The number of rotatable bonds is 9. The average molecular weight is 301 g/mol. The molecule has 0 saturated heterocycles. The molecular weight excluding hydrogens is 280 g/mol. The minimum absolute atomic E-state index is 0.00639. The van der Waals surface area contributed by atoms with Gasteiger partial charge in [0.05, 0.1) is 0 Å². The number of aliphatic hydroxyl groups excluding tert-OH is 1. The molecule has 0 aromatic heterocycles. The first-order chi connectivity index (χ1) is 9.61. The van der Waals surface area contributed by atoms with Crippen LogP contribution >= 0.6 is 11.6 Å². The van der Waals surface area contributed by atoms with Gasteiger partial charge in [-0.25, -0.2) is 0 Å². The Balaban J connectivity index is 2.10. The fourth-order valence-electron chi connectivity index (χ4n) is 1.54. The molecule has 3 N–H and O–H groups in total. The molecule has 20 heavy (non-hydrogen) atoms. The van der Waals surface area contributed by atoms with Crippen molar-refractivity contribution in [3.05, 3.63) is 29.3 Å². The van der Waals surface area contributed by atoms with E-state index in [2.05, 4.69) is 10.6 Å². The van der Waals surface area contributed by atoms with Crippen molar-refractivity contribution >= 4 is 17.5 Å². The third-order valence-electron chi connectivity index (χ3n) is 2.54. The van der Waals surface area contributed by atoms with E-state index in [1.807, 2.05) is 6.92 Å². The summed E-state index contributed by atoms with van der Waals surface area (Å²) in [5, 5.41) is 16.1. The molecule has 5 nitrogen and oxygen atoms in total. The summed E-state index contributed by atoms with van der Waals surface area (Å²) in [7, 11) is 0. The number of amides is 1. The summed E-state index contributed by atoms with van der Waals surface area (Å²) in [6, 6.07) is 6.96. The maximum absolute atomic E-state index is 11.2. The first-order valence-electron chi connectivity index (χ1n) is 6.65. The van der Waals surface area contributed by atoms with Crippen LogP contribution in [-0.2, 0) is 4.79 Å². The van der Waals surface area contributed by atoms with Gasteiger partial charge >= 0.3 is 0 Å². The lowest BCUT2D eigenvalue weighted by Crippen LogP contribution is -2.34. The quantitative estimate of drug-likeness (QED) is 0.599. The van der Waals surface area contributed by atoms with Gasteiger partial charge in [-0.3, -0.25) is 4.79 Å². The number of aliphatic hydroxyl groups is 1. The molecule has 1 atom stereocenters. The summed E-state index contributed by atoms with van der Waals surface area (Å²) in [5.74, 6) is 0.669. The number of benzene rings is 1. The van der Waals surface area contributed by atoms with E-state index in [1.165, 1.54) is 0 Å². The van der Waals surface area contributed by atoms with Crippen LogP contribution in [-0.4, -0.2) is 43.4 Å². The molecule has 0 bridgehead atoms. The van der Waals surface area contributed by atoms with Crippen LogP contribution in [0.2, 0.25) is 5.02 Å². The third-order valence-corrected chi connectivity index (χ3v) is 2.79. The molecule has 0 saturated carbocycles. The largest absolute Gasteiger partial charge is 0.491 e. The van der Waals surface area contributed by atoms with Crippen LogP contribution in [0.25, 0.3) is 0 Å². The van der Waals surface area contributed by atoms with Crippen molar-refractivity contribution in [2.45, 2.75) is 19.4 Å². The van der Waals surface area contributed by atoms with Gasteiger partial charge in [0.2, 0.25) is 5.91 Å². The highest BCUT2D eigenvalue weighted by atomic mass is 35.5. The number of hydrogen-bond acceptors (Lipinski definition) is 4. The molecule has 0 aliphatic rings. The highest BCUT2D eigenvalue weighted by molar-refractivity contribution is 6.30. The lowest BCUT2D eigenvalue weighted by atomic mass is 10.3. The Labute approximate surface area is 124 Å². The molecule has 1 unspecified atom stereocenters. The first kappa shape index (κ1) is 16.8. The van der Waals surface area contributed by atoms with Crippen LogP contribution in [0, 0.1) is 0 Å². The van der Waals surface area contributed by atoms with Gasteiger partial charge in [0.25, 0.3) is 0 Å². The fraction of sp³-hybridized carbons (Fsp3) is 0.500. The topological polar surface area (TPSA) is 70.6 Å². The summed E-state index contributed by atoms with van der Waals surface area (Å²) in [4.78, 5) is 11.2. The Bertz CT molecular complexity index is 398. The molecule has 1 aromatic carbocycles. The van der Waals surface area contributed by atoms with Gasteiger partial charge in [-0.05, 0) is 31.2 Å². The number of carbonyl (C=O) groups excluding carboxylic acids is 1. The van der Waals surface area contributed by atoms with Gasteiger partial charge in [-0.2, -0.15) is 0 Å². The molecule has 1 amide bonds. The molecule has 0 spiro atoms. The molecule has 1 aromatic rings. The fourth-order valence-corrected chi connectivity index (χ4v) is 1.66. The highest BCUT2D eigenvalue weighted by Gasteiger charge is 2.05. The van der Waals surface area contributed by atoms with Crippen molar-refractivity contribution < 1.29 is 14.6 Å². The molecule has 0 aliphatic carbocycles. The summed E-state index contributed by atoms with van der Waals surface area (Å²) < 4.78 is 5.41. The van der Waals surface area contributed by atoms with E-state index in [0.717, 1.165) is 0 Å². The third kappa shape index (κ3) is 7.33. The van der Waals surface area contributed by atoms with Crippen molar-refractivity contribution in [1.29, 1.82) is 0 Å². The van der Waals surface area contributed by atoms with Gasteiger partial charge < -0.3 is 20.5 Å². The zero-order chi connectivity index (χ0) is 14.8. The maximum Gasteiger partial charge on any atom is 0.221 e. The van der Waals surface area contributed by atoms with Crippen molar-refractivity contribution in [3.63, 3.8) is 0 Å². The number of nitrogens with one attached hydrogen (secondary N) is 2. The Hall–Kier alpha value is -1.30. The zero-order valence-corrected chi connectivity index (χ0v) is 12.3. The van der Waals surface area contributed by atoms with Gasteiger partial charge in [-0.15, -0.1) is 0 Å². The average Bonchev–Trinajstić information content (AvgIpc) is 2.43. The maximum atomic E-state index is 11.2. The SMILES string of the molecule is CCNC(=O)CCNCC(O)COc1ccc(Cl)cc1. The Morgan fingerprint density at radius 2 is 2.10 bits per heavy atom. The van der Waals surface area contributed by atoms with Crippen LogP contribution in [0.3, 0.4) is 0 Å². The summed E-state index contributed by atoms with van der Waals surface area (Å²) >= 11 is 5.76. The molecule has 0 aliphatic heterocycles. The molecular formula is C14H21ClN2O3. The van der Waals surface area contributed by atoms with E-state index in [0.29, 0.717) is 36.8 Å². The molecule has 0 heterocycles. The van der Waals surface area contributed by atoms with Gasteiger partial charge in [0.15, 0.2) is 0 Å². The Kier molecular flexibility index (Phi) is 8.02. The van der Waals surface area contributed by atoms with E-state index in [1.54, 1.807) is 24.3 Å². The minimum Gasteiger partial charge on any atom is -0.491 e. The second-order valence-corrected chi connectivity index (χ2v) is 4.76. The highest BCUT2D eigenvalue weighted by Crippen LogP contribution is 2.15. The smallest absolute Gasteiger partial charge is 0.221 e. The van der Waals surface area contributed by atoms with Crippen molar-refractivity contribution in [2.24, 2.45) is 0 Å². The van der Waals surface area contributed by atoms with Crippen molar-refractivity contribution in [2.75, 3.05) is 26.2 Å². The van der Waals surface area contributed by atoms with E-state index in [9.17, 15) is 9.90 Å². The van der Waals surface area contributed by atoms with E-state index >= 15 is 0 Å². The standard InChI is InChI=1S/C14H21ClN2O3/c1-2-17-14(19)7-8-16-9-12(18)10-20-13-5-3-11(15)4-6-13/h3-6,12,16,18H,2,7-10H2,1H3,(H,17,19). The molecule has 0 fully saturated rings. The second kappa shape index (κ2) is 9.58. The monoisotopic (exact) mass is 300 g/mol. The van der Waals surface area contributed by atoms with Gasteiger partial charge in [0.1, 0.15) is 18.5 Å². The van der Waals surface area contributed by atoms with Crippen LogP contribution < -0.4 is 15.4 Å². The van der Waals surface area contributed by atoms with Gasteiger partial charge in [-0.1, -0.05) is 11.6 Å². The van der Waals surface area contributed by atoms with E-state index < -0.39 is 6.10 Å². The number of hydrogen-bond donors (Lipinski definition) is 3. The predicted octanol–water partition coefficient (Wildman–Crippen LogP) is 1.20. The van der Waals surface area contributed by atoms with E-state index in [-0.39, 0.29) is 12.5 Å². The van der Waals surface area contributed by atoms with Crippen LogP contribution in [0.15, 0.2) is 24.3 Å². The second-order valence-electron chi connectivity index (χ2n) is 4.33. The first-order valence-corrected chi connectivity index (χ1v) is 7.03. The molecule has 112 valence electrons. The van der Waals surface area contributed by atoms with Gasteiger partial charge in [0, 0.05) is 31.1 Å². The Morgan fingerprint density at radius 1 is 1.40 bits per heavy atom. The number of ether oxygens (including phenoxy) is 1. The lowest BCUT2D eigenvalue weighted by Gasteiger charge is -2.13. The summed E-state index contributed by atoms with van der Waals surface area (Å²) in [6.07, 6.45) is -0.224. The summed E-state index contributed by atoms with van der Waals surface area (Å²) in [6.45, 7) is 3.62. The Morgan fingerprint density at radius 3 is 2.75 bits per heavy atom. The van der Waals surface area contributed by atoms with Crippen LogP contribution in [0.1, 0.15) is 13.3 Å². The zero-order valence-electron chi connectivity index (χ0n) is 11.6. The minimum atomic E-state index is -0.625. The molecule has 6 heteroatoms. The number of halogens is 1. The predicted molar refractivity (Wildman–Crippen MR) is 79.1 cm³/mol. The van der Waals surface area contributed by atoms with Crippen molar-refractivity contribution in [3.8, 4) is 5.75 Å². The van der Waals surface area contributed by atoms with Crippen molar-refractivity contribution in [1.82, 2.24) is 10.6 Å².